The number of hydrogen-bond donors (Lipinski definition) is 0. The van der Waals surface area contributed by atoms with E-state index in [4.69, 9.17) is 0 Å². The van der Waals surface area contributed by atoms with Gasteiger partial charge in [0.25, 0.3) is 0 Å². The number of allylic oxidation sites excluding steroid dienone is 7. The minimum atomic E-state index is 0.288. The number of hydrogen-bond acceptors (Lipinski definition) is 2. The van der Waals surface area contributed by atoms with Crippen molar-refractivity contribution in [2.24, 2.45) is 0 Å². The molecule has 4 aromatic rings. The monoisotopic (exact) mass is 566 g/mol. The molecule has 8 rings (SSSR count). The van der Waals surface area contributed by atoms with Crippen molar-refractivity contribution in [3.63, 3.8) is 0 Å². The highest BCUT2D eigenvalue weighted by Crippen LogP contribution is 2.42. The average Bonchev–Trinajstić information content (AvgIpc) is 3.34. The Morgan fingerprint density at radius 3 is 1.89 bits per heavy atom. The summed E-state index contributed by atoms with van der Waals surface area (Å²) in [5, 5.41) is 0. The van der Waals surface area contributed by atoms with Crippen molar-refractivity contribution >= 4 is 46.6 Å². The zero-order valence-electron chi connectivity index (χ0n) is 24.7. The second kappa shape index (κ2) is 11.4. The minimum Gasteiger partial charge on any atom is -0.333 e. The van der Waals surface area contributed by atoms with Crippen LogP contribution in [0.25, 0.3) is 23.8 Å². The van der Waals surface area contributed by atoms with E-state index in [2.05, 4.69) is 174 Å². The number of benzene rings is 4. The second-order valence-electron chi connectivity index (χ2n) is 11.6. The van der Waals surface area contributed by atoms with E-state index in [0.29, 0.717) is 0 Å². The Hall–Kier alpha value is -5.34. The van der Waals surface area contributed by atoms with Crippen molar-refractivity contribution < 1.29 is 0 Å². The lowest BCUT2D eigenvalue weighted by Crippen LogP contribution is -2.35. The number of nitrogens with zero attached hydrogens (tertiary/aromatic N) is 2. The molecule has 2 nitrogen and oxygen atoms in total. The maximum absolute atomic E-state index is 2.55. The van der Waals surface area contributed by atoms with Crippen molar-refractivity contribution in [3.05, 3.63) is 179 Å². The molecular formula is C42H34N2. The molecule has 212 valence electrons. The molecule has 1 unspecified atom stereocenters. The first-order valence-corrected chi connectivity index (χ1v) is 15.6. The molecule has 2 heterocycles. The molecule has 0 saturated carbocycles. The highest BCUT2D eigenvalue weighted by molar-refractivity contribution is 5.93. The fraction of sp³-hybridized carbons (Fsp3) is 0.0952. The molecule has 0 radical (unpaired) electrons. The van der Waals surface area contributed by atoms with Gasteiger partial charge in [0.2, 0.25) is 0 Å². The van der Waals surface area contributed by atoms with Crippen LogP contribution >= 0.6 is 0 Å². The normalized spacial score (nSPS) is 19.5. The minimum absolute atomic E-state index is 0.288. The Bertz CT molecular complexity index is 1890. The van der Waals surface area contributed by atoms with Crippen molar-refractivity contribution in [1.29, 1.82) is 0 Å². The standard InChI is InChI=1S/C42H34N2/c1-6-16-37(43-39-17-7-2-12-33(39)21-22-34-13-3-8-18-40(34)43)28-25-31(11-1)32-26-29-38(30-27-32)44-41-19-9-4-14-35(41)23-24-36-15-5-10-20-42(36)44/h2-5,7-17,19-30,40H,1,6,18H2/b28-25?,31-11-,37-16?. The van der Waals surface area contributed by atoms with E-state index >= 15 is 0 Å². The predicted octanol–water partition coefficient (Wildman–Crippen LogP) is 11.0. The van der Waals surface area contributed by atoms with Crippen LogP contribution in [0.2, 0.25) is 0 Å². The van der Waals surface area contributed by atoms with Gasteiger partial charge >= 0.3 is 0 Å². The SMILES string of the molecule is C1=CCC2C(=C1)C=Cc1ccccc1N2C1=CCC/C=C(\c2ccc(N3c4ccccc4C=Cc4ccccc43)cc2)C=C1. The molecule has 0 N–H and O–H groups in total. The fourth-order valence-electron chi connectivity index (χ4n) is 6.80. The molecular weight excluding hydrogens is 532 g/mol. The molecule has 2 aliphatic heterocycles. The van der Waals surface area contributed by atoms with Crippen LogP contribution in [0, 0.1) is 0 Å². The van der Waals surface area contributed by atoms with Crippen LogP contribution in [0.3, 0.4) is 0 Å². The summed E-state index contributed by atoms with van der Waals surface area (Å²) >= 11 is 0. The second-order valence-corrected chi connectivity index (χ2v) is 11.6. The highest BCUT2D eigenvalue weighted by atomic mass is 15.2. The molecule has 2 heteroatoms. The molecule has 1 atom stereocenters. The maximum atomic E-state index is 2.55. The molecule has 0 bridgehead atoms. The van der Waals surface area contributed by atoms with Crippen molar-refractivity contribution in [2.45, 2.75) is 25.3 Å². The van der Waals surface area contributed by atoms with E-state index in [1.165, 1.54) is 56.2 Å². The Balaban J connectivity index is 1.12. The lowest BCUT2D eigenvalue weighted by Gasteiger charge is -2.36. The summed E-state index contributed by atoms with van der Waals surface area (Å²) < 4.78 is 0. The van der Waals surface area contributed by atoms with Crippen LogP contribution in [-0.4, -0.2) is 6.04 Å². The van der Waals surface area contributed by atoms with Gasteiger partial charge in [-0.1, -0.05) is 127 Å². The van der Waals surface area contributed by atoms with Crippen LogP contribution < -0.4 is 9.80 Å². The first-order chi connectivity index (χ1) is 21.8. The molecule has 2 aliphatic carbocycles. The molecule has 0 fully saturated rings. The number of rotatable bonds is 3. The molecule has 0 spiro atoms. The van der Waals surface area contributed by atoms with Gasteiger partial charge in [0, 0.05) is 17.1 Å². The van der Waals surface area contributed by atoms with Gasteiger partial charge in [0.1, 0.15) is 0 Å². The topological polar surface area (TPSA) is 6.48 Å². The van der Waals surface area contributed by atoms with Crippen molar-refractivity contribution in [2.75, 3.05) is 9.80 Å². The molecule has 0 saturated heterocycles. The smallest absolute Gasteiger partial charge is 0.0626 e. The summed E-state index contributed by atoms with van der Waals surface area (Å²) in [6.45, 7) is 0. The molecule has 0 aromatic heterocycles. The van der Waals surface area contributed by atoms with Gasteiger partial charge in [0.15, 0.2) is 0 Å². The Morgan fingerprint density at radius 1 is 0.545 bits per heavy atom. The van der Waals surface area contributed by atoms with Gasteiger partial charge in [-0.05, 0) is 89.1 Å². The van der Waals surface area contributed by atoms with Crippen LogP contribution in [0.1, 0.15) is 41.5 Å². The van der Waals surface area contributed by atoms with Gasteiger partial charge in [-0.3, -0.25) is 0 Å². The highest BCUT2D eigenvalue weighted by Gasteiger charge is 2.28. The van der Waals surface area contributed by atoms with Crippen LogP contribution in [0.5, 0.6) is 0 Å². The maximum Gasteiger partial charge on any atom is 0.0626 e. The third kappa shape index (κ3) is 4.79. The van der Waals surface area contributed by atoms with Gasteiger partial charge in [0.05, 0.1) is 17.4 Å². The Morgan fingerprint density at radius 2 is 1.16 bits per heavy atom. The number of anilines is 4. The lowest BCUT2D eigenvalue weighted by atomic mass is 9.95. The quantitative estimate of drug-likeness (QED) is 0.214. The van der Waals surface area contributed by atoms with Crippen LogP contribution in [-0.2, 0) is 0 Å². The fourth-order valence-corrected chi connectivity index (χ4v) is 6.80. The Kier molecular flexibility index (Phi) is 6.81. The zero-order chi connectivity index (χ0) is 29.3. The summed E-state index contributed by atoms with van der Waals surface area (Å²) in [6, 6.07) is 35.4. The van der Waals surface area contributed by atoms with Crippen LogP contribution in [0.4, 0.5) is 22.7 Å². The van der Waals surface area contributed by atoms with E-state index in [1.807, 2.05) is 0 Å². The van der Waals surface area contributed by atoms with Gasteiger partial charge < -0.3 is 9.80 Å². The number of para-hydroxylation sites is 3. The summed E-state index contributed by atoms with van der Waals surface area (Å²) in [5.41, 5.74) is 13.6. The summed E-state index contributed by atoms with van der Waals surface area (Å²) in [6.07, 6.45) is 28.2. The van der Waals surface area contributed by atoms with E-state index in [0.717, 1.165) is 24.9 Å². The van der Waals surface area contributed by atoms with Gasteiger partial charge in [-0.2, -0.15) is 0 Å². The predicted molar refractivity (Wildman–Crippen MR) is 188 cm³/mol. The lowest BCUT2D eigenvalue weighted by molar-refractivity contribution is 0.736. The van der Waals surface area contributed by atoms with E-state index in [-0.39, 0.29) is 6.04 Å². The molecule has 4 aliphatic rings. The zero-order valence-corrected chi connectivity index (χ0v) is 24.7. The van der Waals surface area contributed by atoms with Crippen molar-refractivity contribution in [1.82, 2.24) is 0 Å². The first-order valence-electron chi connectivity index (χ1n) is 15.6. The third-order valence-corrected chi connectivity index (χ3v) is 8.98. The van der Waals surface area contributed by atoms with Crippen molar-refractivity contribution in [3.8, 4) is 0 Å². The third-order valence-electron chi connectivity index (χ3n) is 8.98. The van der Waals surface area contributed by atoms with Crippen LogP contribution in [0.15, 0.2) is 157 Å². The Labute approximate surface area is 260 Å². The molecule has 4 aromatic carbocycles. The molecule has 44 heavy (non-hydrogen) atoms. The van der Waals surface area contributed by atoms with E-state index in [9.17, 15) is 0 Å². The average molecular weight is 567 g/mol. The summed E-state index contributed by atoms with van der Waals surface area (Å²) in [7, 11) is 0. The summed E-state index contributed by atoms with van der Waals surface area (Å²) in [5.74, 6) is 0. The van der Waals surface area contributed by atoms with E-state index < -0.39 is 0 Å². The van der Waals surface area contributed by atoms with Gasteiger partial charge in [-0.15, -0.1) is 0 Å². The van der Waals surface area contributed by atoms with E-state index in [1.54, 1.807) is 0 Å². The first kappa shape index (κ1) is 26.3. The number of fused-ring (bicyclic) bond motifs is 4. The summed E-state index contributed by atoms with van der Waals surface area (Å²) in [4.78, 5) is 4.93. The van der Waals surface area contributed by atoms with Gasteiger partial charge in [-0.25, -0.2) is 0 Å². The molecule has 0 amide bonds. The largest absolute Gasteiger partial charge is 0.333 e.